The molecule has 0 aliphatic carbocycles. The van der Waals surface area contributed by atoms with Gasteiger partial charge in [-0.2, -0.15) is 0 Å². The highest BCUT2D eigenvalue weighted by molar-refractivity contribution is 5.95. The maximum absolute atomic E-state index is 11.4. The van der Waals surface area contributed by atoms with Crippen LogP contribution in [0.5, 0.6) is 0 Å². The van der Waals surface area contributed by atoms with Crippen LogP contribution in [-0.4, -0.2) is 12.3 Å². The van der Waals surface area contributed by atoms with Crippen LogP contribution in [0.1, 0.15) is 41.7 Å². The zero-order chi connectivity index (χ0) is 9.97. The maximum atomic E-state index is 11.4. The van der Waals surface area contributed by atoms with Gasteiger partial charge in [-0.05, 0) is 31.9 Å². The third-order valence-electron chi connectivity index (χ3n) is 2.78. The molecule has 0 aromatic heterocycles. The van der Waals surface area contributed by atoms with E-state index < -0.39 is 0 Å². The molecule has 1 N–H and O–H groups in total. The van der Waals surface area contributed by atoms with Gasteiger partial charge in [0.25, 0.3) is 0 Å². The second-order valence-corrected chi connectivity index (χ2v) is 3.79. The fraction of sp³-hybridized carbons (Fsp3) is 0.417. The Hall–Kier alpha value is -1.15. The van der Waals surface area contributed by atoms with E-state index in [0.717, 1.165) is 24.1 Å². The van der Waals surface area contributed by atoms with Crippen molar-refractivity contribution < 1.29 is 4.79 Å². The summed E-state index contributed by atoms with van der Waals surface area (Å²) in [6.07, 6.45) is 2.35. The lowest BCUT2D eigenvalue weighted by Crippen LogP contribution is -2.15. The van der Waals surface area contributed by atoms with E-state index in [9.17, 15) is 4.79 Å². The van der Waals surface area contributed by atoms with E-state index in [4.69, 9.17) is 0 Å². The van der Waals surface area contributed by atoms with Gasteiger partial charge in [0.1, 0.15) is 0 Å². The summed E-state index contributed by atoms with van der Waals surface area (Å²) in [6.45, 7) is 2.70. The quantitative estimate of drug-likeness (QED) is 0.723. The summed E-state index contributed by atoms with van der Waals surface area (Å²) < 4.78 is 0. The lowest BCUT2D eigenvalue weighted by molar-refractivity contribution is 0.101. The van der Waals surface area contributed by atoms with E-state index >= 15 is 0 Å². The third kappa shape index (κ3) is 1.70. The van der Waals surface area contributed by atoms with Crippen LogP contribution < -0.4 is 5.32 Å². The molecule has 1 unspecified atom stereocenters. The van der Waals surface area contributed by atoms with Gasteiger partial charge < -0.3 is 5.32 Å². The highest BCUT2D eigenvalue weighted by Crippen LogP contribution is 2.25. The average Bonchev–Trinajstić information content (AvgIpc) is 2.70. The minimum absolute atomic E-state index is 0.161. The monoisotopic (exact) mass is 189 g/mol. The van der Waals surface area contributed by atoms with Gasteiger partial charge >= 0.3 is 0 Å². The van der Waals surface area contributed by atoms with E-state index in [2.05, 4.69) is 11.4 Å². The Morgan fingerprint density at radius 3 is 2.86 bits per heavy atom. The Morgan fingerprint density at radius 1 is 1.43 bits per heavy atom. The van der Waals surface area contributed by atoms with Gasteiger partial charge in [-0.25, -0.2) is 0 Å². The molecule has 74 valence electrons. The van der Waals surface area contributed by atoms with E-state index in [0.29, 0.717) is 6.04 Å². The smallest absolute Gasteiger partial charge is 0.160 e. The van der Waals surface area contributed by atoms with Crippen molar-refractivity contribution in [2.75, 3.05) is 6.54 Å². The van der Waals surface area contributed by atoms with Crippen LogP contribution >= 0.6 is 0 Å². The van der Waals surface area contributed by atoms with Gasteiger partial charge in [0, 0.05) is 11.6 Å². The number of ketones is 1. The molecule has 1 saturated heterocycles. The number of Topliss-reactive ketones (excluding diaryl/α,β-unsaturated/α-hetero) is 1. The Bertz CT molecular complexity index is 340. The molecule has 1 heterocycles. The van der Waals surface area contributed by atoms with E-state index in [1.807, 2.05) is 18.2 Å². The molecule has 2 rings (SSSR count). The van der Waals surface area contributed by atoms with Crippen molar-refractivity contribution in [1.82, 2.24) is 5.32 Å². The molecular weight excluding hydrogens is 174 g/mol. The van der Waals surface area contributed by atoms with Crippen molar-refractivity contribution in [3.8, 4) is 0 Å². The van der Waals surface area contributed by atoms with E-state index in [1.54, 1.807) is 6.92 Å². The number of nitrogens with one attached hydrogen (secondary N) is 1. The topological polar surface area (TPSA) is 29.1 Å². The lowest BCUT2D eigenvalue weighted by Gasteiger charge is -2.13. The summed E-state index contributed by atoms with van der Waals surface area (Å²) in [7, 11) is 0. The Balaban J connectivity index is 2.35. The van der Waals surface area contributed by atoms with Crippen molar-refractivity contribution in [2.45, 2.75) is 25.8 Å². The largest absolute Gasteiger partial charge is 0.310 e. The summed E-state index contributed by atoms with van der Waals surface area (Å²) >= 11 is 0. The molecule has 0 amide bonds. The van der Waals surface area contributed by atoms with Crippen LogP contribution in [0.15, 0.2) is 24.3 Å². The Labute approximate surface area is 84.3 Å². The molecule has 0 saturated carbocycles. The van der Waals surface area contributed by atoms with Crippen molar-refractivity contribution in [3.05, 3.63) is 35.4 Å². The van der Waals surface area contributed by atoms with Crippen LogP contribution in [0.3, 0.4) is 0 Å². The summed E-state index contributed by atoms with van der Waals surface area (Å²) in [5, 5.41) is 3.42. The lowest BCUT2D eigenvalue weighted by atomic mass is 9.97. The maximum Gasteiger partial charge on any atom is 0.160 e. The molecular formula is C12H15NO. The first-order valence-electron chi connectivity index (χ1n) is 5.12. The SMILES string of the molecule is CC(=O)c1ccccc1C1CCCN1. The van der Waals surface area contributed by atoms with Crippen LogP contribution in [0.25, 0.3) is 0 Å². The zero-order valence-corrected chi connectivity index (χ0v) is 8.42. The second-order valence-electron chi connectivity index (χ2n) is 3.79. The van der Waals surface area contributed by atoms with Crippen LogP contribution in [-0.2, 0) is 0 Å². The summed E-state index contributed by atoms with van der Waals surface area (Å²) in [6, 6.07) is 8.28. The number of carbonyl (C=O) groups excluding carboxylic acids is 1. The number of hydrogen-bond acceptors (Lipinski definition) is 2. The number of hydrogen-bond donors (Lipinski definition) is 1. The van der Waals surface area contributed by atoms with Gasteiger partial charge in [0.2, 0.25) is 0 Å². The first kappa shape index (κ1) is 9.41. The molecule has 2 nitrogen and oxygen atoms in total. The molecule has 1 fully saturated rings. The van der Waals surface area contributed by atoms with Crippen molar-refractivity contribution in [1.29, 1.82) is 0 Å². The number of rotatable bonds is 2. The second kappa shape index (κ2) is 3.93. The summed E-state index contributed by atoms with van der Waals surface area (Å²) in [5.74, 6) is 0.161. The minimum atomic E-state index is 0.161. The minimum Gasteiger partial charge on any atom is -0.310 e. The average molecular weight is 189 g/mol. The first-order chi connectivity index (χ1) is 6.79. The van der Waals surface area contributed by atoms with E-state index in [1.165, 1.54) is 6.42 Å². The van der Waals surface area contributed by atoms with Gasteiger partial charge in [0.05, 0.1) is 0 Å². The number of carbonyl (C=O) groups is 1. The normalized spacial score (nSPS) is 21.1. The molecule has 2 heteroatoms. The fourth-order valence-electron chi connectivity index (χ4n) is 2.07. The Kier molecular flexibility index (Phi) is 2.64. The molecule has 0 radical (unpaired) electrons. The molecule has 1 aliphatic heterocycles. The molecule has 14 heavy (non-hydrogen) atoms. The van der Waals surface area contributed by atoms with Gasteiger partial charge in [-0.3, -0.25) is 4.79 Å². The van der Waals surface area contributed by atoms with Gasteiger partial charge in [-0.1, -0.05) is 24.3 Å². The zero-order valence-electron chi connectivity index (χ0n) is 8.42. The van der Waals surface area contributed by atoms with E-state index in [-0.39, 0.29) is 5.78 Å². The molecule has 1 aromatic carbocycles. The van der Waals surface area contributed by atoms with Crippen LogP contribution in [0.2, 0.25) is 0 Å². The predicted molar refractivity (Wildman–Crippen MR) is 56.4 cm³/mol. The number of benzene rings is 1. The molecule has 0 spiro atoms. The third-order valence-corrected chi connectivity index (χ3v) is 2.78. The first-order valence-corrected chi connectivity index (χ1v) is 5.12. The Morgan fingerprint density at radius 2 is 2.21 bits per heavy atom. The van der Waals surface area contributed by atoms with Crippen LogP contribution in [0, 0.1) is 0 Å². The van der Waals surface area contributed by atoms with Gasteiger partial charge in [0.15, 0.2) is 5.78 Å². The highest BCUT2D eigenvalue weighted by Gasteiger charge is 2.19. The predicted octanol–water partition coefficient (Wildman–Crippen LogP) is 2.31. The molecule has 1 aliphatic rings. The summed E-state index contributed by atoms with van der Waals surface area (Å²) in [5.41, 5.74) is 2.03. The van der Waals surface area contributed by atoms with Crippen LogP contribution in [0.4, 0.5) is 0 Å². The van der Waals surface area contributed by atoms with Crippen molar-refractivity contribution in [3.63, 3.8) is 0 Å². The highest BCUT2D eigenvalue weighted by atomic mass is 16.1. The molecule has 1 atom stereocenters. The van der Waals surface area contributed by atoms with Crippen molar-refractivity contribution in [2.24, 2.45) is 0 Å². The molecule has 0 bridgehead atoms. The van der Waals surface area contributed by atoms with Crippen molar-refractivity contribution >= 4 is 5.78 Å². The molecule has 1 aromatic rings. The standard InChI is InChI=1S/C12H15NO/c1-9(14)10-5-2-3-6-11(10)12-7-4-8-13-12/h2-3,5-6,12-13H,4,7-8H2,1H3. The van der Waals surface area contributed by atoms with Gasteiger partial charge in [-0.15, -0.1) is 0 Å². The summed E-state index contributed by atoms with van der Waals surface area (Å²) in [4.78, 5) is 11.4. The fourth-order valence-corrected chi connectivity index (χ4v) is 2.07.